The van der Waals surface area contributed by atoms with Crippen molar-refractivity contribution in [2.24, 2.45) is 0 Å². The molecule has 1 saturated carbocycles. The summed E-state index contributed by atoms with van der Waals surface area (Å²) in [5.74, 6) is -3.46. The molecule has 21 heavy (non-hydrogen) atoms. The number of ether oxygens (including phenoxy) is 1. The van der Waals surface area contributed by atoms with E-state index in [1.807, 2.05) is 0 Å². The van der Waals surface area contributed by atoms with Gasteiger partial charge in [0.15, 0.2) is 0 Å². The number of nitrogens with zero attached hydrogens (tertiary/aromatic N) is 1. The molecule has 1 aromatic rings. The molecule has 0 spiro atoms. The van der Waals surface area contributed by atoms with E-state index in [2.05, 4.69) is 0 Å². The van der Waals surface area contributed by atoms with Gasteiger partial charge in [-0.1, -0.05) is 12.8 Å². The fourth-order valence-electron chi connectivity index (χ4n) is 2.43. The van der Waals surface area contributed by atoms with Crippen molar-refractivity contribution in [1.29, 1.82) is 0 Å². The SMILES string of the molecule is O=C(OC1CCCCCC1)c1cc(F)cc([N+](=O)[O-])c1F. The molecular formula is C14H15F2NO4. The number of rotatable bonds is 3. The monoisotopic (exact) mass is 299 g/mol. The Morgan fingerprint density at radius 3 is 2.38 bits per heavy atom. The molecule has 0 bridgehead atoms. The first-order valence-corrected chi connectivity index (χ1v) is 6.83. The molecule has 0 amide bonds. The highest BCUT2D eigenvalue weighted by molar-refractivity contribution is 5.90. The van der Waals surface area contributed by atoms with Crippen molar-refractivity contribution in [2.45, 2.75) is 44.6 Å². The van der Waals surface area contributed by atoms with Crippen LogP contribution in [0.5, 0.6) is 0 Å². The Morgan fingerprint density at radius 2 is 1.81 bits per heavy atom. The van der Waals surface area contributed by atoms with Crippen molar-refractivity contribution < 1.29 is 23.2 Å². The lowest BCUT2D eigenvalue weighted by atomic mass is 10.1. The number of benzene rings is 1. The van der Waals surface area contributed by atoms with E-state index in [9.17, 15) is 23.7 Å². The van der Waals surface area contributed by atoms with Crippen molar-refractivity contribution in [2.75, 3.05) is 0 Å². The summed E-state index contributed by atoms with van der Waals surface area (Å²) in [5.41, 5.74) is -1.80. The molecule has 0 atom stereocenters. The molecule has 0 radical (unpaired) electrons. The van der Waals surface area contributed by atoms with Gasteiger partial charge in [-0.2, -0.15) is 4.39 Å². The van der Waals surface area contributed by atoms with Crippen LogP contribution >= 0.6 is 0 Å². The van der Waals surface area contributed by atoms with Crippen LogP contribution in [-0.2, 0) is 4.74 Å². The summed E-state index contributed by atoms with van der Waals surface area (Å²) in [5, 5.41) is 10.6. The Morgan fingerprint density at radius 1 is 1.19 bits per heavy atom. The van der Waals surface area contributed by atoms with E-state index >= 15 is 0 Å². The Bertz CT molecular complexity index is 554. The second-order valence-corrected chi connectivity index (χ2v) is 5.06. The van der Waals surface area contributed by atoms with Gasteiger partial charge in [-0.15, -0.1) is 0 Å². The van der Waals surface area contributed by atoms with Crippen LogP contribution in [0.15, 0.2) is 12.1 Å². The Labute approximate surface area is 120 Å². The lowest BCUT2D eigenvalue weighted by Crippen LogP contribution is -2.19. The Hall–Kier alpha value is -2.05. The summed E-state index contributed by atoms with van der Waals surface area (Å²) < 4.78 is 32.3. The topological polar surface area (TPSA) is 69.4 Å². The molecule has 0 N–H and O–H groups in total. The van der Waals surface area contributed by atoms with Crippen LogP contribution in [0, 0.1) is 21.7 Å². The molecule has 0 heterocycles. The summed E-state index contributed by atoms with van der Waals surface area (Å²) in [7, 11) is 0. The number of esters is 1. The third kappa shape index (κ3) is 3.74. The molecule has 1 fully saturated rings. The second kappa shape index (κ2) is 6.60. The third-order valence-corrected chi connectivity index (χ3v) is 3.51. The van der Waals surface area contributed by atoms with Gasteiger partial charge in [-0.25, -0.2) is 9.18 Å². The molecule has 0 aliphatic heterocycles. The molecule has 2 rings (SSSR count). The highest BCUT2D eigenvalue weighted by atomic mass is 19.1. The minimum atomic E-state index is -1.36. The van der Waals surface area contributed by atoms with Crippen LogP contribution in [0.4, 0.5) is 14.5 Å². The molecule has 1 aromatic carbocycles. The van der Waals surface area contributed by atoms with Crippen LogP contribution in [0.25, 0.3) is 0 Å². The predicted molar refractivity (Wildman–Crippen MR) is 69.9 cm³/mol. The first kappa shape index (κ1) is 15.3. The molecule has 0 unspecified atom stereocenters. The largest absolute Gasteiger partial charge is 0.459 e. The van der Waals surface area contributed by atoms with E-state index in [1.54, 1.807) is 0 Å². The summed E-state index contributed by atoms with van der Waals surface area (Å²) >= 11 is 0. The van der Waals surface area contributed by atoms with E-state index in [4.69, 9.17) is 4.74 Å². The van der Waals surface area contributed by atoms with Gasteiger partial charge in [0, 0.05) is 0 Å². The number of carbonyl (C=O) groups is 1. The molecule has 114 valence electrons. The van der Waals surface area contributed by atoms with Crippen molar-refractivity contribution in [3.63, 3.8) is 0 Å². The summed E-state index contributed by atoms with van der Waals surface area (Å²) in [6, 6.07) is 1.07. The fourth-order valence-corrected chi connectivity index (χ4v) is 2.43. The van der Waals surface area contributed by atoms with Crippen molar-refractivity contribution >= 4 is 11.7 Å². The first-order valence-electron chi connectivity index (χ1n) is 6.83. The summed E-state index contributed by atoms with van der Waals surface area (Å²) in [4.78, 5) is 21.5. The highest BCUT2D eigenvalue weighted by Gasteiger charge is 2.27. The molecule has 1 aliphatic rings. The van der Waals surface area contributed by atoms with Crippen LogP contribution in [0.1, 0.15) is 48.9 Å². The van der Waals surface area contributed by atoms with Gasteiger partial charge in [-0.05, 0) is 31.7 Å². The van der Waals surface area contributed by atoms with Crippen LogP contribution in [0.2, 0.25) is 0 Å². The highest BCUT2D eigenvalue weighted by Crippen LogP contribution is 2.25. The van der Waals surface area contributed by atoms with Gasteiger partial charge in [0.05, 0.1) is 11.0 Å². The zero-order chi connectivity index (χ0) is 15.4. The molecule has 7 heteroatoms. The van der Waals surface area contributed by atoms with E-state index in [0.29, 0.717) is 25.0 Å². The van der Waals surface area contributed by atoms with Gasteiger partial charge >= 0.3 is 11.7 Å². The number of halogens is 2. The quantitative estimate of drug-likeness (QED) is 0.369. The minimum absolute atomic E-state index is 0.346. The van der Waals surface area contributed by atoms with Gasteiger partial charge in [0.2, 0.25) is 5.82 Å². The van der Waals surface area contributed by atoms with Gasteiger partial charge in [0.1, 0.15) is 17.5 Å². The second-order valence-electron chi connectivity index (χ2n) is 5.06. The Balaban J connectivity index is 2.20. The number of hydrogen-bond acceptors (Lipinski definition) is 4. The molecule has 1 aliphatic carbocycles. The minimum Gasteiger partial charge on any atom is -0.459 e. The predicted octanol–water partition coefficient (Wildman–Crippen LogP) is 3.75. The fraction of sp³-hybridized carbons (Fsp3) is 0.500. The maximum absolute atomic E-state index is 13.9. The van der Waals surface area contributed by atoms with E-state index < -0.39 is 33.8 Å². The molecular weight excluding hydrogens is 284 g/mol. The maximum Gasteiger partial charge on any atom is 0.341 e. The van der Waals surface area contributed by atoms with Crippen LogP contribution in [-0.4, -0.2) is 17.0 Å². The standard InChI is InChI=1S/C14H15F2NO4/c15-9-7-11(13(16)12(8-9)17(19)20)14(18)21-10-5-3-1-2-4-6-10/h7-8,10H,1-6H2. The lowest BCUT2D eigenvalue weighted by Gasteiger charge is -2.15. The van der Waals surface area contributed by atoms with Gasteiger partial charge in [0.25, 0.3) is 0 Å². The summed E-state index contributed by atoms with van der Waals surface area (Å²) in [6.07, 6.45) is 4.91. The zero-order valence-electron chi connectivity index (χ0n) is 11.3. The maximum atomic E-state index is 13.9. The first-order chi connectivity index (χ1) is 9.99. The zero-order valence-corrected chi connectivity index (χ0v) is 11.3. The van der Waals surface area contributed by atoms with Gasteiger partial charge < -0.3 is 4.74 Å². The van der Waals surface area contributed by atoms with E-state index in [0.717, 1.165) is 25.7 Å². The number of nitro groups is 1. The number of hydrogen-bond donors (Lipinski definition) is 0. The summed E-state index contributed by atoms with van der Waals surface area (Å²) in [6.45, 7) is 0. The Kier molecular flexibility index (Phi) is 4.82. The third-order valence-electron chi connectivity index (χ3n) is 3.51. The van der Waals surface area contributed by atoms with Gasteiger partial charge in [-0.3, -0.25) is 10.1 Å². The van der Waals surface area contributed by atoms with Crippen LogP contribution in [0.3, 0.4) is 0 Å². The van der Waals surface area contributed by atoms with Crippen molar-refractivity contribution in [3.8, 4) is 0 Å². The molecule has 0 aromatic heterocycles. The smallest absolute Gasteiger partial charge is 0.341 e. The average molecular weight is 299 g/mol. The van der Waals surface area contributed by atoms with Crippen molar-refractivity contribution in [3.05, 3.63) is 39.4 Å². The number of carbonyl (C=O) groups excluding carboxylic acids is 1. The van der Waals surface area contributed by atoms with Crippen LogP contribution < -0.4 is 0 Å². The molecule has 5 nitrogen and oxygen atoms in total. The number of nitro benzene ring substituents is 1. The molecule has 0 saturated heterocycles. The van der Waals surface area contributed by atoms with Crippen molar-refractivity contribution in [1.82, 2.24) is 0 Å². The van der Waals surface area contributed by atoms with E-state index in [1.165, 1.54) is 0 Å². The normalized spacial score (nSPS) is 16.3. The van der Waals surface area contributed by atoms with E-state index in [-0.39, 0.29) is 6.10 Å². The lowest BCUT2D eigenvalue weighted by molar-refractivity contribution is -0.387. The average Bonchev–Trinajstić information content (AvgIpc) is 2.69.